The number of rotatable bonds is 11. The SMILES string of the molecule is CC(C)(C)c1ccnc(-n2c3[c-]c(Oc4[c-]c(-n5[c-][n+](-c6c(-c7cccc([Si](c8ccccc8)(c8ccccc8)c8ccccc8)c7)cccc6-c6ccc7c(c6)C(C)(C)CCC7(C)C)c6ccccc65)ccc4)ccc3c3ccccc32)c1.[Pt]. The van der Waals surface area contributed by atoms with Gasteiger partial charge >= 0.3 is 0 Å². The summed E-state index contributed by atoms with van der Waals surface area (Å²) in [7, 11) is -2.89. The standard InChI is InChI=1S/C78H66N4OSi.Pt/c1-76(2,3)56-44-47-79-74(50-56)82-70-37-18-17-34-66(70)67-42-41-59(52-73(67)82)83-58-26-22-25-57(51-58)80-53-81(72-39-20-19-38-71(72)80)75-64(35-23-36-65(75)55-40-43-68-69(49-55)78(6,7)46-45-77(68,4)5)54-24-21-33-63(48-54)84(60-27-11-8-12-28-60,61-29-13-9-14-30-61)62-31-15-10-16-32-62;/h8-44,47-50H,45-46H2,1-7H3;/q-2;. The van der Waals surface area contributed by atoms with E-state index in [1.165, 1.54) is 43.0 Å². The Morgan fingerprint density at radius 1 is 0.506 bits per heavy atom. The number of imidazole rings is 1. The van der Waals surface area contributed by atoms with Gasteiger partial charge in [0.05, 0.1) is 16.7 Å². The summed E-state index contributed by atoms with van der Waals surface area (Å²) in [5, 5.41) is 7.53. The predicted molar refractivity (Wildman–Crippen MR) is 348 cm³/mol. The van der Waals surface area contributed by atoms with Crippen LogP contribution in [0.15, 0.2) is 249 Å². The number of benzene rings is 10. The number of nitrogens with zero attached hydrogens (tertiary/aromatic N) is 4. The second-order valence-corrected chi connectivity index (χ2v) is 28.8. The zero-order valence-electron chi connectivity index (χ0n) is 49.1. The minimum atomic E-state index is -2.89. The second kappa shape index (κ2) is 21.7. The molecular formula is C78H66N4OPtSi-2. The zero-order chi connectivity index (χ0) is 57.4. The van der Waals surface area contributed by atoms with Crippen molar-refractivity contribution in [2.24, 2.45) is 0 Å². The maximum atomic E-state index is 6.81. The third-order valence-corrected chi connectivity index (χ3v) is 22.6. The van der Waals surface area contributed by atoms with E-state index in [0.717, 1.165) is 79.6 Å². The van der Waals surface area contributed by atoms with E-state index >= 15 is 0 Å². The van der Waals surface area contributed by atoms with Crippen LogP contribution in [0.5, 0.6) is 11.5 Å². The number of hydrogen-bond donors (Lipinski definition) is 0. The number of para-hydroxylation sites is 4. The fraction of sp³-hybridized carbons (Fsp3) is 0.154. The van der Waals surface area contributed by atoms with Gasteiger partial charge < -0.3 is 13.9 Å². The van der Waals surface area contributed by atoms with Gasteiger partial charge in [0, 0.05) is 44.3 Å². The van der Waals surface area contributed by atoms with Crippen molar-refractivity contribution in [2.45, 2.75) is 77.6 Å². The van der Waals surface area contributed by atoms with Crippen LogP contribution in [0.3, 0.4) is 0 Å². The topological polar surface area (TPSA) is 35.9 Å². The number of aromatic nitrogens is 4. The molecule has 85 heavy (non-hydrogen) atoms. The van der Waals surface area contributed by atoms with Gasteiger partial charge in [-0.3, -0.25) is 4.57 Å². The van der Waals surface area contributed by atoms with Gasteiger partial charge in [-0.15, -0.1) is 29.7 Å². The number of pyridine rings is 1. The molecule has 5 nitrogen and oxygen atoms in total. The van der Waals surface area contributed by atoms with Gasteiger partial charge in [-0.05, 0) is 118 Å². The summed E-state index contributed by atoms with van der Waals surface area (Å²) in [5.41, 5.74) is 14.5. The second-order valence-electron chi connectivity index (χ2n) is 25.0. The summed E-state index contributed by atoms with van der Waals surface area (Å²) in [6.45, 7) is 16.3. The molecule has 420 valence electrons. The van der Waals surface area contributed by atoms with Crippen LogP contribution in [-0.4, -0.2) is 22.2 Å². The Kier molecular flexibility index (Phi) is 14.2. The Hall–Kier alpha value is -8.67. The molecule has 0 bridgehead atoms. The van der Waals surface area contributed by atoms with Gasteiger partial charge in [-0.1, -0.05) is 248 Å². The average Bonchev–Trinajstić information content (AvgIpc) is 1.76. The van der Waals surface area contributed by atoms with Crippen molar-refractivity contribution in [3.8, 4) is 50.9 Å². The Morgan fingerprint density at radius 2 is 1.08 bits per heavy atom. The summed E-state index contributed by atoms with van der Waals surface area (Å²) in [5.74, 6) is 1.99. The molecule has 0 N–H and O–H groups in total. The molecule has 0 radical (unpaired) electrons. The third kappa shape index (κ3) is 9.70. The van der Waals surface area contributed by atoms with Crippen LogP contribution < -0.4 is 30.1 Å². The first kappa shape index (κ1) is 55.5. The van der Waals surface area contributed by atoms with E-state index in [2.05, 4.69) is 305 Å². The van der Waals surface area contributed by atoms with E-state index < -0.39 is 8.07 Å². The smallest absolute Gasteiger partial charge is 0.268 e. The summed E-state index contributed by atoms with van der Waals surface area (Å²) >= 11 is 0. The predicted octanol–water partition coefficient (Wildman–Crippen LogP) is 15.9. The average molecular weight is 1300 g/mol. The minimum absolute atomic E-state index is 0. The van der Waals surface area contributed by atoms with E-state index in [9.17, 15) is 0 Å². The molecule has 0 saturated heterocycles. The van der Waals surface area contributed by atoms with Crippen LogP contribution in [0.2, 0.25) is 0 Å². The number of ether oxygens (including phenoxy) is 1. The van der Waals surface area contributed by atoms with Gasteiger partial charge in [-0.25, -0.2) is 4.98 Å². The van der Waals surface area contributed by atoms with Gasteiger partial charge in [-0.2, -0.15) is 18.2 Å². The fourth-order valence-corrected chi connectivity index (χ4v) is 18.1. The van der Waals surface area contributed by atoms with Crippen LogP contribution in [0, 0.1) is 18.5 Å². The molecular weight excluding hydrogens is 1230 g/mol. The van der Waals surface area contributed by atoms with Crippen LogP contribution in [-0.2, 0) is 37.3 Å². The Balaban J connectivity index is 0.00000672. The molecule has 0 atom stereocenters. The molecule has 0 amide bonds. The molecule has 0 unspecified atom stereocenters. The molecule has 3 heterocycles. The van der Waals surface area contributed by atoms with Crippen molar-refractivity contribution in [1.29, 1.82) is 0 Å². The first-order valence-electron chi connectivity index (χ1n) is 29.4. The summed E-state index contributed by atoms with van der Waals surface area (Å²) in [6.07, 6.45) is 8.15. The van der Waals surface area contributed by atoms with E-state index in [1.54, 1.807) is 0 Å². The van der Waals surface area contributed by atoms with Crippen LogP contribution in [0.4, 0.5) is 0 Å². The largest absolute Gasteiger partial charge is 0.510 e. The first-order valence-corrected chi connectivity index (χ1v) is 31.4. The molecule has 14 rings (SSSR count). The number of fused-ring (bicyclic) bond motifs is 5. The molecule has 0 spiro atoms. The zero-order valence-corrected chi connectivity index (χ0v) is 52.4. The molecule has 7 heteroatoms. The van der Waals surface area contributed by atoms with Crippen molar-refractivity contribution in [3.05, 3.63) is 284 Å². The quantitative estimate of drug-likeness (QED) is 0.0560. The van der Waals surface area contributed by atoms with E-state index in [0.29, 0.717) is 11.5 Å². The van der Waals surface area contributed by atoms with Gasteiger partial charge in [0.2, 0.25) is 0 Å². The van der Waals surface area contributed by atoms with Crippen LogP contribution in [0.1, 0.15) is 78.0 Å². The van der Waals surface area contributed by atoms with E-state index in [-0.39, 0.29) is 37.3 Å². The number of hydrogen-bond acceptors (Lipinski definition) is 2. The summed E-state index contributed by atoms with van der Waals surface area (Å²) in [4.78, 5) is 4.91. The molecule has 0 saturated carbocycles. The van der Waals surface area contributed by atoms with Gasteiger partial charge in [0.15, 0.2) is 8.07 Å². The molecule has 0 fully saturated rings. The summed E-state index contributed by atoms with van der Waals surface area (Å²) in [6, 6.07) is 96.2. The van der Waals surface area contributed by atoms with Crippen molar-refractivity contribution in [2.75, 3.05) is 0 Å². The Labute approximate surface area is 515 Å². The molecule has 1 aliphatic rings. The minimum Gasteiger partial charge on any atom is -0.510 e. The van der Waals surface area contributed by atoms with Gasteiger partial charge in [0.1, 0.15) is 5.82 Å². The van der Waals surface area contributed by atoms with Crippen molar-refractivity contribution >= 4 is 61.7 Å². The summed E-state index contributed by atoms with van der Waals surface area (Å²) < 4.78 is 13.4. The Bertz CT molecular complexity index is 4530. The van der Waals surface area contributed by atoms with Crippen molar-refractivity contribution in [3.63, 3.8) is 0 Å². The monoisotopic (exact) mass is 1300 g/mol. The van der Waals surface area contributed by atoms with Gasteiger partial charge in [0.25, 0.3) is 6.33 Å². The molecule has 1 aliphatic carbocycles. The normalized spacial score (nSPS) is 13.8. The molecule has 0 aliphatic heterocycles. The molecule has 13 aromatic rings. The third-order valence-electron chi connectivity index (χ3n) is 17.8. The maximum Gasteiger partial charge on any atom is 0.268 e. The van der Waals surface area contributed by atoms with Crippen LogP contribution in [0.25, 0.3) is 72.3 Å². The van der Waals surface area contributed by atoms with E-state index in [4.69, 9.17) is 9.72 Å². The molecule has 3 aromatic heterocycles. The maximum absolute atomic E-state index is 6.81. The molecule has 10 aromatic carbocycles. The van der Waals surface area contributed by atoms with Crippen LogP contribution >= 0.6 is 0 Å². The van der Waals surface area contributed by atoms with E-state index in [1.807, 2.05) is 24.4 Å². The first-order chi connectivity index (χ1) is 40.8. The Morgan fingerprint density at radius 3 is 1.76 bits per heavy atom. The fourth-order valence-electron chi connectivity index (χ4n) is 13.3. The van der Waals surface area contributed by atoms with Crippen molar-refractivity contribution in [1.82, 2.24) is 14.1 Å². The van der Waals surface area contributed by atoms with Crippen molar-refractivity contribution < 1.29 is 30.4 Å².